The summed E-state index contributed by atoms with van der Waals surface area (Å²) in [5.74, 6) is 1.44. The Balaban J connectivity index is 1.46. The highest BCUT2D eigenvalue weighted by Gasteiger charge is 2.55. The van der Waals surface area contributed by atoms with E-state index in [-0.39, 0.29) is 17.4 Å². The van der Waals surface area contributed by atoms with Gasteiger partial charge in [0.2, 0.25) is 5.91 Å². The first-order valence-electron chi connectivity index (χ1n) is 9.91. The molecule has 4 bridgehead atoms. The van der Waals surface area contributed by atoms with Crippen LogP contribution in [0, 0.1) is 12.8 Å². The minimum absolute atomic E-state index is 0.0292. The fourth-order valence-electron chi connectivity index (χ4n) is 5.51. The highest BCUT2D eigenvalue weighted by Crippen LogP contribution is 2.43. The van der Waals surface area contributed by atoms with Crippen molar-refractivity contribution in [2.24, 2.45) is 5.92 Å². The molecule has 1 aromatic heterocycles. The molecular weight excluding hydrogens is 338 g/mol. The molecule has 0 radical (unpaired) electrons. The largest absolute Gasteiger partial charge is 0.350 e. The molecule has 3 atom stereocenters. The van der Waals surface area contributed by atoms with Crippen molar-refractivity contribution in [2.75, 3.05) is 39.3 Å². The van der Waals surface area contributed by atoms with Crippen LogP contribution in [0.25, 0.3) is 0 Å². The molecule has 0 spiro atoms. The minimum atomic E-state index is -0.0292. The average Bonchev–Trinajstić information content (AvgIpc) is 2.90. The predicted octanol–water partition coefficient (Wildman–Crippen LogP) is 0.875. The lowest BCUT2D eigenvalue weighted by atomic mass is 9.64. The summed E-state index contributed by atoms with van der Waals surface area (Å²) in [6.07, 6.45) is 3.63. The number of imidazole rings is 1. The van der Waals surface area contributed by atoms with Crippen LogP contribution in [0.3, 0.4) is 0 Å². The zero-order valence-electron chi connectivity index (χ0n) is 15.8. The average molecular weight is 365 g/mol. The van der Waals surface area contributed by atoms with Crippen molar-refractivity contribution in [3.63, 3.8) is 0 Å². The molecule has 4 aliphatic rings. The topological polar surface area (TPSA) is 53.4 Å². The van der Waals surface area contributed by atoms with E-state index in [1.165, 1.54) is 5.56 Å². The number of carbonyl (C=O) groups excluding carboxylic acids is 1. The third kappa shape index (κ3) is 2.87. The van der Waals surface area contributed by atoms with Gasteiger partial charge < -0.3 is 19.7 Å². The Labute approximate surface area is 160 Å². The van der Waals surface area contributed by atoms with E-state index in [1.54, 1.807) is 6.20 Å². The van der Waals surface area contributed by atoms with Crippen LogP contribution in [-0.4, -0.2) is 70.6 Å². The van der Waals surface area contributed by atoms with Gasteiger partial charge in [0.05, 0.1) is 0 Å². The third-order valence-electron chi connectivity index (χ3n) is 6.70. The van der Waals surface area contributed by atoms with Gasteiger partial charge in [-0.15, -0.1) is 0 Å². The standard InChI is InChI=1S/C21H27N5O/c1-16-22-7-8-26(16)13-19(27)23-20-17-11-24-9-10-25(12-17)15-21(20,14-24)18-5-3-2-4-6-18/h2-8,17,20H,9-15H2,1H3,(H,23,27). The van der Waals surface area contributed by atoms with E-state index in [0.29, 0.717) is 12.5 Å². The molecule has 2 aromatic rings. The summed E-state index contributed by atoms with van der Waals surface area (Å²) < 4.78 is 1.92. The van der Waals surface area contributed by atoms with E-state index >= 15 is 0 Å². The number of aromatic nitrogens is 2. The fourth-order valence-corrected chi connectivity index (χ4v) is 5.51. The quantitative estimate of drug-likeness (QED) is 0.874. The number of rotatable bonds is 4. The summed E-state index contributed by atoms with van der Waals surface area (Å²) in [4.78, 5) is 22.4. The summed E-state index contributed by atoms with van der Waals surface area (Å²) in [7, 11) is 0. The van der Waals surface area contributed by atoms with Crippen molar-refractivity contribution in [3.05, 3.63) is 54.1 Å². The number of aryl methyl sites for hydroxylation is 1. The van der Waals surface area contributed by atoms with Gasteiger partial charge in [0, 0.05) is 69.0 Å². The fraction of sp³-hybridized carbons (Fsp3) is 0.524. The second kappa shape index (κ2) is 6.46. The second-order valence-electron chi connectivity index (χ2n) is 8.40. The minimum Gasteiger partial charge on any atom is -0.350 e. The zero-order chi connectivity index (χ0) is 18.4. The maximum atomic E-state index is 12.9. The molecule has 6 rings (SSSR count). The summed E-state index contributed by atoms with van der Waals surface area (Å²) in [6, 6.07) is 11.0. The van der Waals surface area contributed by atoms with Gasteiger partial charge in [0.25, 0.3) is 0 Å². The Hall–Kier alpha value is -2.18. The number of nitrogens with one attached hydrogen (secondary N) is 1. The number of hydrogen-bond donors (Lipinski definition) is 1. The number of hydrogen-bond acceptors (Lipinski definition) is 4. The van der Waals surface area contributed by atoms with Crippen molar-refractivity contribution in [2.45, 2.75) is 24.9 Å². The molecule has 0 aliphatic carbocycles. The van der Waals surface area contributed by atoms with E-state index in [0.717, 1.165) is 45.1 Å². The van der Waals surface area contributed by atoms with Crippen LogP contribution in [0.4, 0.5) is 0 Å². The molecule has 0 saturated carbocycles. The molecule has 4 fully saturated rings. The van der Waals surface area contributed by atoms with E-state index in [1.807, 2.05) is 17.7 Å². The van der Waals surface area contributed by atoms with Crippen molar-refractivity contribution in [3.8, 4) is 0 Å². The van der Waals surface area contributed by atoms with Crippen LogP contribution >= 0.6 is 0 Å². The lowest BCUT2D eigenvalue weighted by Crippen LogP contribution is -2.70. The van der Waals surface area contributed by atoms with Crippen LogP contribution < -0.4 is 5.32 Å². The number of fused-ring (bicyclic) bond motifs is 1. The van der Waals surface area contributed by atoms with Gasteiger partial charge in [-0.3, -0.25) is 4.79 Å². The van der Waals surface area contributed by atoms with Crippen LogP contribution in [0.5, 0.6) is 0 Å². The SMILES string of the molecule is Cc1nccn1CC(=O)NC1C2CN3CCN(C2)CC1(c1ccccc1)C3. The van der Waals surface area contributed by atoms with E-state index < -0.39 is 0 Å². The molecule has 1 aromatic carbocycles. The van der Waals surface area contributed by atoms with Gasteiger partial charge in [-0.25, -0.2) is 4.98 Å². The number of carbonyl (C=O) groups is 1. The van der Waals surface area contributed by atoms with E-state index in [2.05, 4.69) is 50.4 Å². The van der Waals surface area contributed by atoms with Crippen LogP contribution in [0.1, 0.15) is 11.4 Å². The summed E-state index contributed by atoms with van der Waals surface area (Å²) in [5.41, 5.74) is 1.33. The molecule has 3 unspecified atom stereocenters. The van der Waals surface area contributed by atoms with Crippen LogP contribution in [-0.2, 0) is 16.8 Å². The molecule has 4 aliphatic heterocycles. The number of nitrogens with zero attached hydrogens (tertiary/aromatic N) is 4. The highest BCUT2D eigenvalue weighted by atomic mass is 16.2. The molecule has 142 valence electrons. The lowest BCUT2D eigenvalue weighted by Gasteiger charge is -2.55. The van der Waals surface area contributed by atoms with Gasteiger partial charge in [-0.1, -0.05) is 30.3 Å². The third-order valence-corrected chi connectivity index (χ3v) is 6.70. The lowest BCUT2D eigenvalue weighted by molar-refractivity contribution is -0.125. The maximum Gasteiger partial charge on any atom is 0.240 e. The molecule has 4 saturated heterocycles. The first kappa shape index (κ1) is 17.0. The Morgan fingerprint density at radius 3 is 2.52 bits per heavy atom. The smallest absolute Gasteiger partial charge is 0.240 e. The van der Waals surface area contributed by atoms with Gasteiger partial charge in [0.15, 0.2) is 0 Å². The summed E-state index contributed by atoms with van der Waals surface area (Å²) in [6.45, 7) is 8.78. The first-order chi connectivity index (χ1) is 13.1. The number of amides is 1. The molecule has 5 heterocycles. The Kier molecular flexibility index (Phi) is 4.06. The predicted molar refractivity (Wildman–Crippen MR) is 103 cm³/mol. The molecule has 1 N–H and O–H groups in total. The normalized spacial score (nSPS) is 34.4. The van der Waals surface area contributed by atoms with Crippen LogP contribution in [0.15, 0.2) is 42.7 Å². The van der Waals surface area contributed by atoms with Gasteiger partial charge >= 0.3 is 0 Å². The molecule has 6 heteroatoms. The maximum absolute atomic E-state index is 12.9. The second-order valence-corrected chi connectivity index (χ2v) is 8.40. The first-order valence-corrected chi connectivity index (χ1v) is 9.91. The Bertz CT molecular complexity index is 816. The number of benzene rings is 1. The summed E-state index contributed by atoms with van der Waals surface area (Å²) >= 11 is 0. The van der Waals surface area contributed by atoms with Crippen molar-refractivity contribution in [1.29, 1.82) is 0 Å². The van der Waals surface area contributed by atoms with Crippen molar-refractivity contribution in [1.82, 2.24) is 24.7 Å². The Morgan fingerprint density at radius 2 is 1.89 bits per heavy atom. The summed E-state index contributed by atoms with van der Waals surface area (Å²) in [5, 5.41) is 3.45. The van der Waals surface area contributed by atoms with Gasteiger partial charge in [-0.2, -0.15) is 0 Å². The Morgan fingerprint density at radius 1 is 1.19 bits per heavy atom. The number of piperidine rings is 2. The molecular formula is C21H27N5O. The van der Waals surface area contributed by atoms with Crippen LogP contribution in [0.2, 0.25) is 0 Å². The van der Waals surface area contributed by atoms with Gasteiger partial charge in [0.1, 0.15) is 12.4 Å². The molecule has 27 heavy (non-hydrogen) atoms. The zero-order valence-corrected chi connectivity index (χ0v) is 15.8. The van der Waals surface area contributed by atoms with E-state index in [4.69, 9.17) is 0 Å². The molecule has 6 nitrogen and oxygen atoms in total. The van der Waals surface area contributed by atoms with E-state index in [9.17, 15) is 4.79 Å². The molecule has 1 amide bonds. The van der Waals surface area contributed by atoms with Crippen molar-refractivity contribution >= 4 is 5.91 Å². The monoisotopic (exact) mass is 365 g/mol. The highest BCUT2D eigenvalue weighted by molar-refractivity contribution is 5.76. The van der Waals surface area contributed by atoms with Gasteiger partial charge in [-0.05, 0) is 12.5 Å². The van der Waals surface area contributed by atoms with Crippen molar-refractivity contribution < 1.29 is 4.79 Å².